The summed E-state index contributed by atoms with van der Waals surface area (Å²) >= 11 is 0. The van der Waals surface area contributed by atoms with Gasteiger partial charge in [-0.25, -0.2) is 9.97 Å². The minimum absolute atomic E-state index is 0.0212. The number of halogens is 2. The zero-order valence-electron chi connectivity index (χ0n) is 25.9. The molecule has 2 aromatic rings. The summed E-state index contributed by atoms with van der Waals surface area (Å²) < 4.78 is 55.0. The minimum Gasteiger partial charge on any atom is -0.497 e. The van der Waals surface area contributed by atoms with Crippen LogP contribution in [0.1, 0.15) is 71.9 Å². The third-order valence-corrected chi connectivity index (χ3v) is 9.09. The Morgan fingerprint density at radius 3 is 2.50 bits per heavy atom. The van der Waals surface area contributed by atoms with Crippen molar-refractivity contribution in [3.8, 4) is 11.6 Å². The van der Waals surface area contributed by atoms with Gasteiger partial charge in [0.2, 0.25) is 11.8 Å². The van der Waals surface area contributed by atoms with Crippen LogP contribution >= 0.6 is 0 Å². The largest absolute Gasteiger partial charge is 0.497 e. The van der Waals surface area contributed by atoms with Crippen molar-refractivity contribution in [3.05, 3.63) is 23.9 Å². The Balaban J connectivity index is 1.56. The first-order valence-electron chi connectivity index (χ1n) is 15.3. The molecule has 6 atom stereocenters. The lowest BCUT2D eigenvalue weighted by Gasteiger charge is -2.34. The van der Waals surface area contributed by atoms with Crippen molar-refractivity contribution >= 4 is 29.2 Å². The molecule has 3 heterocycles. The summed E-state index contributed by atoms with van der Waals surface area (Å²) in [6.45, 7) is 7.29. The Bertz CT molecular complexity index is 1400. The maximum absolute atomic E-state index is 15.9. The highest BCUT2D eigenvalue weighted by Gasteiger charge is 2.48. The number of aldehydes is 1. The normalized spacial score (nSPS) is 30.0. The second-order valence-corrected chi connectivity index (χ2v) is 13.2. The summed E-state index contributed by atoms with van der Waals surface area (Å²) in [7, 11) is 1.49. The maximum Gasteiger partial charge on any atom is 0.306 e. The number of esters is 1. The molecule has 2 fully saturated rings. The molecule has 1 aromatic heterocycles. The van der Waals surface area contributed by atoms with Crippen LogP contribution in [-0.4, -0.2) is 77.6 Å². The predicted octanol–water partition coefficient (Wildman–Crippen LogP) is 4.85. The van der Waals surface area contributed by atoms with Gasteiger partial charge in [-0.2, -0.15) is 8.78 Å². The molecule has 240 valence electrons. The second kappa shape index (κ2) is 12.5. The van der Waals surface area contributed by atoms with Gasteiger partial charge in [0, 0.05) is 25.0 Å². The van der Waals surface area contributed by atoms with Crippen molar-refractivity contribution in [1.82, 2.24) is 14.9 Å². The van der Waals surface area contributed by atoms with Crippen LogP contribution in [0.3, 0.4) is 0 Å². The van der Waals surface area contributed by atoms with Gasteiger partial charge >= 0.3 is 5.97 Å². The monoisotopic (exact) mass is 617 g/mol. The number of amides is 1. The van der Waals surface area contributed by atoms with Gasteiger partial charge in [-0.1, -0.05) is 27.7 Å². The Kier molecular flexibility index (Phi) is 9.11. The molecule has 1 aromatic carbocycles. The number of rotatable bonds is 2. The molecule has 3 aliphatic rings. The van der Waals surface area contributed by atoms with Gasteiger partial charge in [0.1, 0.15) is 24.2 Å². The molecule has 1 saturated heterocycles. The molecule has 1 amide bonds. The minimum atomic E-state index is -3.43. The summed E-state index contributed by atoms with van der Waals surface area (Å²) in [6, 6.07) is 3.86. The number of benzene rings is 1. The van der Waals surface area contributed by atoms with Crippen molar-refractivity contribution in [2.24, 2.45) is 17.3 Å². The Labute approximate surface area is 255 Å². The lowest BCUT2D eigenvalue weighted by atomic mass is 9.77. The topological polar surface area (TPSA) is 117 Å². The van der Waals surface area contributed by atoms with Gasteiger partial charge in [0.05, 0.1) is 49.2 Å². The molecule has 1 saturated carbocycles. The number of nitrogens with zero attached hydrogens (tertiary/aromatic N) is 3. The average Bonchev–Trinajstić information content (AvgIpc) is 3.54. The molecule has 5 rings (SSSR count). The molecule has 10 nitrogen and oxygen atoms in total. The van der Waals surface area contributed by atoms with E-state index in [0.717, 1.165) is 6.42 Å². The van der Waals surface area contributed by atoms with Crippen molar-refractivity contribution in [2.45, 2.75) is 96.5 Å². The number of alkyl halides is 2. The highest BCUT2D eigenvalue weighted by Crippen LogP contribution is 2.41. The third kappa shape index (κ3) is 6.50. The average molecular weight is 618 g/mol. The standard InChI is InChI=1S/C32H41F2N3O7/c1-18-23(17-38)37-16-26(18)44-29-28(35-21-11-10-19(41-5)14-22(21)36-29)32(33,34)12-7-13-42-24-8-6-9-25(24)43-27(39)15-20(30(37)40)31(2,3)4/h10-11,14,17-18,20,23-26H,6-9,12-13,15-16H2,1-5H3/t18-,20+,23+,24+,25+,26-/m0/s1. The van der Waals surface area contributed by atoms with Crippen molar-refractivity contribution < 1.29 is 42.1 Å². The third-order valence-electron chi connectivity index (χ3n) is 9.09. The SMILES string of the molecule is COc1ccc2nc3c(nc2c1)O[C@H]1CN(C(=O)[C@H](C(C)(C)C)CC(=O)O[C@@H]2CCC[C@H]2OCCCC3(F)F)[C@H](C=O)[C@@H]1C. The first-order chi connectivity index (χ1) is 20.8. The van der Waals surface area contributed by atoms with E-state index in [0.29, 0.717) is 30.4 Å². The van der Waals surface area contributed by atoms with Crippen molar-refractivity contribution in [1.29, 1.82) is 0 Å². The molecule has 0 spiro atoms. The van der Waals surface area contributed by atoms with Crippen molar-refractivity contribution in [3.63, 3.8) is 0 Å². The molecule has 44 heavy (non-hydrogen) atoms. The summed E-state index contributed by atoms with van der Waals surface area (Å²) in [5.74, 6) is -5.59. The Morgan fingerprint density at radius 2 is 1.80 bits per heavy atom. The maximum atomic E-state index is 15.9. The van der Waals surface area contributed by atoms with E-state index >= 15 is 8.78 Å². The van der Waals surface area contributed by atoms with Crippen molar-refractivity contribution in [2.75, 3.05) is 20.3 Å². The second-order valence-electron chi connectivity index (χ2n) is 13.2. The molecule has 2 bridgehead atoms. The van der Waals surface area contributed by atoms with E-state index in [1.807, 2.05) is 20.8 Å². The molecule has 0 N–H and O–H groups in total. The van der Waals surface area contributed by atoms with Crippen LogP contribution in [0, 0.1) is 17.3 Å². The molecule has 2 aliphatic heterocycles. The van der Waals surface area contributed by atoms with Gasteiger partial charge in [0.15, 0.2) is 5.69 Å². The summed E-state index contributed by atoms with van der Waals surface area (Å²) in [6.07, 6.45) is 0.186. The van der Waals surface area contributed by atoms with Gasteiger partial charge in [-0.15, -0.1) is 0 Å². The van der Waals surface area contributed by atoms with Crippen LogP contribution < -0.4 is 9.47 Å². The summed E-state index contributed by atoms with van der Waals surface area (Å²) in [4.78, 5) is 49.7. The van der Waals surface area contributed by atoms with Crippen LogP contribution in [0.4, 0.5) is 8.78 Å². The summed E-state index contributed by atoms with van der Waals surface area (Å²) in [5.41, 5.74) is -0.711. The number of carbonyl (C=O) groups excluding carboxylic acids is 3. The fraction of sp³-hybridized carbons (Fsp3) is 0.656. The highest BCUT2D eigenvalue weighted by atomic mass is 19.3. The van der Waals surface area contributed by atoms with Gasteiger partial charge in [0.25, 0.3) is 5.92 Å². The predicted molar refractivity (Wildman–Crippen MR) is 155 cm³/mol. The molecular weight excluding hydrogens is 576 g/mol. The van der Waals surface area contributed by atoms with Gasteiger partial charge in [-0.05, 0) is 43.2 Å². The number of hydrogen-bond acceptors (Lipinski definition) is 9. The number of methoxy groups -OCH3 is 1. The quantitative estimate of drug-likeness (QED) is 0.344. The highest BCUT2D eigenvalue weighted by molar-refractivity contribution is 5.87. The van der Waals surface area contributed by atoms with Crippen LogP contribution in [0.15, 0.2) is 18.2 Å². The lowest BCUT2D eigenvalue weighted by Crippen LogP contribution is -2.46. The fourth-order valence-electron chi connectivity index (χ4n) is 6.39. The van der Waals surface area contributed by atoms with E-state index in [1.165, 1.54) is 12.0 Å². The van der Waals surface area contributed by atoms with E-state index in [2.05, 4.69) is 9.97 Å². The van der Waals surface area contributed by atoms with Gasteiger partial charge < -0.3 is 28.6 Å². The zero-order valence-corrected chi connectivity index (χ0v) is 25.9. The van der Waals surface area contributed by atoms with E-state index in [9.17, 15) is 14.4 Å². The fourth-order valence-corrected chi connectivity index (χ4v) is 6.39. The smallest absolute Gasteiger partial charge is 0.306 e. The zero-order chi connectivity index (χ0) is 31.8. The van der Waals surface area contributed by atoms with Gasteiger partial charge in [-0.3, -0.25) is 9.59 Å². The van der Waals surface area contributed by atoms with Crippen LogP contribution in [0.5, 0.6) is 11.6 Å². The van der Waals surface area contributed by atoms with E-state index in [1.54, 1.807) is 25.1 Å². The van der Waals surface area contributed by atoms with E-state index in [-0.39, 0.29) is 37.4 Å². The molecule has 0 radical (unpaired) electrons. The molecule has 0 unspecified atom stereocenters. The van der Waals surface area contributed by atoms with Crippen LogP contribution in [0.2, 0.25) is 0 Å². The Morgan fingerprint density at radius 1 is 1.05 bits per heavy atom. The lowest BCUT2D eigenvalue weighted by molar-refractivity contribution is -0.161. The molecule has 12 heteroatoms. The van der Waals surface area contributed by atoms with E-state index in [4.69, 9.17) is 18.9 Å². The number of fused-ring (bicyclic) bond motifs is 5. The number of ether oxygens (including phenoxy) is 4. The van der Waals surface area contributed by atoms with E-state index < -0.39 is 71.5 Å². The number of aromatic nitrogens is 2. The Hall–Kier alpha value is -3.41. The first-order valence-corrected chi connectivity index (χ1v) is 15.3. The summed E-state index contributed by atoms with van der Waals surface area (Å²) in [5, 5.41) is 0. The first kappa shape index (κ1) is 32.0. The number of carbonyl (C=O) groups is 3. The van der Waals surface area contributed by atoms with Crippen LogP contribution in [0.25, 0.3) is 11.0 Å². The molecular formula is C32H41F2N3O7. The number of hydrogen-bond donors (Lipinski definition) is 0. The molecule has 1 aliphatic carbocycles. The van der Waals surface area contributed by atoms with Crippen LogP contribution in [-0.2, 0) is 29.8 Å².